The maximum absolute atomic E-state index is 11.3. The molecule has 0 aliphatic carbocycles. The van der Waals surface area contributed by atoms with E-state index in [2.05, 4.69) is 11.0 Å². The molecule has 0 fully saturated rings. The van der Waals surface area contributed by atoms with Crippen LogP contribution in [0.5, 0.6) is 17.2 Å². The number of nitrogens with zero attached hydrogens (tertiary/aromatic N) is 1. The normalized spacial score (nSPS) is 15.8. The summed E-state index contributed by atoms with van der Waals surface area (Å²) in [5.41, 5.74) is 3.38. The molecule has 0 spiro atoms. The number of hydrogen-bond acceptors (Lipinski definition) is 5. The second kappa shape index (κ2) is 10.7. The van der Waals surface area contributed by atoms with E-state index >= 15 is 0 Å². The van der Waals surface area contributed by atoms with Gasteiger partial charge >= 0.3 is 5.97 Å². The van der Waals surface area contributed by atoms with Crippen LogP contribution in [0.15, 0.2) is 47.6 Å². The fraction of sp³-hybridized carbons (Fsp3) is 0.346. The highest BCUT2D eigenvalue weighted by molar-refractivity contribution is 6.37. The van der Waals surface area contributed by atoms with Crippen LogP contribution in [-0.4, -0.2) is 48.3 Å². The summed E-state index contributed by atoms with van der Waals surface area (Å²) in [5, 5.41) is 10.1. The molecule has 1 N–H and O–H groups in total. The summed E-state index contributed by atoms with van der Waals surface area (Å²) in [4.78, 5) is 13.4. The third kappa shape index (κ3) is 6.06. The summed E-state index contributed by atoms with van der Waals surface area (Å²) < 4.78 is 17.6. The van der Waals surface area contributed by atoms with Crippen LogP contribution in [-0.2, 0) is 11.4 Å². The van der Waals surface area contributed by atoms with E-state index in [0.29, 0.717) is 53.4 Å². The first kappa shape index (κ1) is 24.5. The van der Waals surface area contributed by atoms with Crippen molar-refractivity contribution in [2.45, 2.75) is 33.0 Å². The molecule has 8 heteroatoms. The molecule has 0 unspecified atom stereocenters. The second-order valence-corrected chi connectivity index (χ2v) is 9.48. The van der Waals surface area contributed by atoms with E-state index < -0.39 is 5.97 Å². The standard InChI is InChI=1S/C26H27Cl2NO5/c1-16(2)34-25-22(27)9-17(10-23(25)28)14-32-21-6-5-19-8-18(15-33-24(19)11-21)12-29-7-3-4-20(13-29)26(30)31/h4-6,8-11,16H,3,7,12-15H2,1-2H3,(H,30,31). The average molecular weight is 504 g/mol. The van der Waals surface area contributed by atoms with E-state index in [-0.39, 0.29) is 6.10 Å². The minimum atomic E-state index is -0.846. The van der Waals surface area contributed by atoms with Crippen molar-refractivity contribution >= 4 is 35.2 Å². The molecule has 0 saturated carbocycles. The largest absolute Gasteiger partial charge is 0.489 e. The fourth-order valence-corrected chi connectivity index (χ4v) is 4.59. The van der Waals surface area contributed by atoms with Gasteiger partial charge in [-0.1, -0.05) is 29.3 Å². The smallest absolute Gasteiger partial charge is 0.332 e. The summed E-state index contributed by atoms with van der Waals surface area (Å²) in [6, 6.07) is 9.31. The number of fused-ring (bicyclic) bond motifs is 1. The molecule has 0 aromatic heterocycles. The van der Waals surface area contributed by atoms with Crippen LogP contribution in [0, 0.1) is 0 Å². The number of carboxylic acid groups (broad SMARTS) is 1. The van der Waals surface area contributed by atoms with E-state index in [1.807, 2.05) is 32.0 Å². The molecule has 2 aliphatic rings. The summed E-state index contributed by atoms with van der Waals surface area (Å²) in [5.74, 6) is 1.06. The average Bonchev–Trinajstić information content (AvgIpc) is 2.80. The van der Waals surface area contributed by atoms with E-state index in [0.717, 1.165) is 35.4 Å². The highest BCUT2D eigenvalue weighted by atomic mass is 35.5. The van der Waals surface area contributed by atoms with Gasteiger partial charge in [-0.05, 0) is 61.7 Å². The molecule has 180 valence electrons. The Bertz CT molecular complexity index is 1120. The molecule has 0 atom stereocenters. The Hall–Kier alpha value is -2.67. The first-order valence-electron chi connectivity index (χ1n) is 11.2. The molecule has 2 aromatic rings. The van der Waals surface area contributed by atoms with Crippen molar-refractivity contribution in [3.63, 3.8) is 0 Å². The van der Waals surface area contributed by atoms with Crippen molar-refractivity contribution in [2.75, 3.05) is 26.2 Å². The van der Waals surface area contributed by atoms with Gasteiger partial charge in [0.2, 0.25) is 0 Å². The third-order valence-corrected chi connectivity index (χ3v) is 6.07. The van der Waals surface area contributed by atoms with Gasteiger partial charge in [-0.3, -0.25) is 4.90 Å². The van der Waals surface area contributed by atoms with Crippen LogP contribution in [0.1, 0.15) is 31.4 Å². The third-order valence-electron chi connectivity index (χ3n) is 5.51. The van der Waals surface area contributed by atoms with Crippen LogP contribution in [0.4, 0.5) is 0 Å². The number of carboxylic acids is 1. The molecule has 34 heavy (non-hydrogen) atoms. The zero-order valence-electron chi connectivity index (χ0n) is 19.1. The van der Waals surface area contributed by atoms with Crippen LogP contribution in [0.2, 0.25) is 10.0 Å². The van der Waals surface area contributed by atoms with Crippen LogP contribution in [0.3, 0.4) is 0 Å². The predicted molar refractivity (Wildman–Crippen MR) is 133 cm³/mol. The lowest BCUT2D eigenvalue weighted by Crippen LogP contribution is -2.34. The highest BCUT2D eigenvalue weighted by Crippen LogP contribution is 2.36. The summed E-state index contributed by atoms with van der Waals surface area (Å²) >= 11 is 12.7. The number of carbonyl (C=O) groups is 1. The lowest BCUT2D eigenvalue weighted by Gasteiger charge is -2.28. The fourth-order valence-electron chi connectivity index (χ4n) is 3.97. The van der Waals surface area contributed by atoms with Crippen LogP contribution >= 0.6 is 23.2 Å². The lowest BCUT2D eigenvalue weighted by molar-refractivity contribution is -0.133. The van der Waals surface area contributed by atoms with E-state index in [4.69, 9.17) is 37.4 Å². The van der Waals surface area contributed by atoms with Crippen molar-refractivity contribution in [1.82, 2.24) is 4.90 Å². The monoisotopic (exact) mass is 503 g/mol. The van der Waals surface area contributed by atoms with Gasteiger partial charge in [0.1, 0.15) is 24.7 Å². The Balaban J connectivity index is 1.38. The van der Waals surface area contributed by atoms with Gasteiger partial charge < -0.3 is 19.3 Å². The Morgan fingerprint density at radius 1 is 1.21 bits per heavy atom. The number of rotatable bonds is 8. The lowest BCUT2D eigenvalue weighted by atomic mass is 10.0. The summed E-state index contributed by atoms with van der Waals surface area (Å²) in [6.45, 7) is 6.56. The van der Waals surface area contributed by atoms with E-state index in [9.17, 15) is 9.90 Å². The zero-order valence-corrected chi connectivity index (χ0v) is 20.7. The van der Waals surface area contributed by atoms with Gasteiger partial charge in [0.25, 0.3) is 0 Å². The van der Waals surface area contributed by atoms with Gasteiger partial charge in [0, 0.05) is 36.8 Å². The number of ether oxygens (including phenoxy) is 3. The Labute approximate surface area is 209 Å². The van der Waals surface area contributed by atoms with Crippen molar-refractivity contribution < 1.29 is 24.1 Å². The molecule has 2 aliphatic heterocycles. The minimum absolute atomic E-state index is 0.0268. The van der Waals surface area contributed by atoms with Gasteiger partial charge in [0.15, 0.2) is 5.75 Å². The molecule has 0 saturated heterocycles. The molecule has 0 radical (unpaired) electrons. The maximum Gasteiger partial charge on any atom is 0.332 e. The van der Waals surface area contributed by atoms with Crippen LogP contribution in [0.25, 0.3) is 6.08 Å². The van der Waals surface area contributed by atoms with E-state index in [1.54, 1.807) is 18.2 Å². The number of hydrogen-bond donors (Lipinski definition) is 1. The first-order chi connectivity index (χ1) is 16.3. The molecule has 4 rings (SSSR count). The maximum atomic E-state index is 11.3. The van der Waals surface area contributed by atoms with Crippen molar-refractivity contribution in [3.8, 4) is 17.2 Å². The Morgan fingerprint density at radius 2 is 1.97 bits per heavy atom. The van der Waals surface area contributed by atoms with Gasteiger partial charge in [-0.15, -0.1) is 0 Å². The summed E-state index contributed by atoms with van der Waals surface area (Å²) in [6.07, 6.45) is 4.63. The first-order valence-corrected chi connectivity index (χ1v) is 11.9. The van der Waals surface area contributed by atoms with Gasteiger partial charge in [0.05, 0.1) is 16.1 Å². The minimum Gasteiger partial charge on any atom is -0.489 e. The molecular formula is C26H27Cl2NO5. The number of benzene rings is 2. The van der Waals surface area contributed by atoms with Gasteiger partial charge in [-0.25, -0.2) is 4.79 Å². The Morgan fingerprint density at radius 3 is 2.68 bits per heavy atom. The molecule has 6 nitrogen and oxygen atoms in total. The van der Waals surface area contributed by atoms with Crippen molar-refractivity contribution in [2.24, 2.45) is 0 Å². The number of halogens is 2. The molecule has 0 bridgehead atoms. The quantitative estimate of drug-likeness (QED) is 0.487. The van der Waals surface area contributed by atoms with Crippen molar-refractivity contribution in [1.29, 1.82) is 0 Å². The van der Waals surface area contributed by atoms with Crippen LogP contribution < -0.4 is 14.2 Å². The second-order valence-electron chi connectivity index (χ2n) is 8.67. The molecule has 2 heterocycles. The molecule has 0 amide bonds. The van der Waals surface area contributed by atoms with E-state index in [1.165, 1.54) is 0 Å². The number of aliphatic carboxylic acids is 1. The zero-order chi connectivity index (χ0) is 24.2. The molecule has 2 aromatic carbocycles. The SMILES string of the molecule is CC(C)Oc1c(Cl)cc(COc2ccc3c(c2)OCC(CN2CCC=C(C(=O)O)C2)=C3)cc1Cl. The van der Waals surface area contributed by atoms with Gasteiger partial charge in [-0.2, -0.15) is 0 Å². The highest BCUT2D eigenvalue weighted by Gasteiger charge is 2.20. The predicted octanol–water partition coefficient (Wildman–Crippen LogP) is 5.85. The topological polar surface area (TPSA) is 68.2 Å². The summed E-state index contributed by atoms with van der Waals surface area (Å²) in [7, 11) is 0. The Kier molecular flexibility index (Phi) is 7.71. The van der Waals surface area contributed by atoms with Crippen molar-refractivity contribution in [3.05, 3.63) is 68.7 Å². The molecular weight excluding hydrogens is 477 g/mol.